The highest BCUT2D eigenvalue weighted by Crippen LogP contribution is 2.22. The van der Waals surface area contributed by atoms with Crippen molar-refractivity contribution in [2.75, 3.05) is 50.1 Å². The largest absolute Gasteiger partial charge is 0.361 e. The fraction of sp³-hybridized carbons (Fsp3) is 0.588. The van der Waals surface area contributed by atoms with Gasteiger partial charge in [0.15, 0.2) is 16.7 Å². The molecule has 0 unspecified atom stereocenters. The minimum absolute atomic E-state index is 0.122. The van der Waals surface area contributed by atoms with E-state index in [4.69, 9.17) is 0 Å². The smallest absolute Gasteiger partial charge is 0.262 e. The van der Waals surface area contributed by atoms with Gasteiger partial charge in [0, 0.05) is 59.4 Å². The molecule has 148 valence electrons. The molecule has 0 bridgehead atoms. The van der Waals surface area contributed by atoms with Crippen LogP contribution in [0.15, 0.2) is 23.4 Å². The van der Waals surface area contributed by atoms with Crippen LogP contribution in [0.25, 0.3) is 0 Å². The molecule has 1 fully saturated rings. The summed E-state index contributed by atoms with van der Waals surface area (Å²) in [6.07, 6.45) is 1.60. The zero-order valence-electron chi connectivity index (χ0n) is 16.5. The Bertz CT molecular complexity index is 883. The minimum atomic E-state index is -3.59. The molecule has 3 rings (SSSR count). The molecule has 2 aromatic heterocycles. The Kier molecular flexibility index (Phi) is 5.38. The maximum absolute atomic E-state index is 12.9. The predicted molar refractivity (Wildman–Crippen MR) is 105 cm³/mol. The first-order valence-corrected chi connectivity index (χ1v) is 10.4. The van der Waals surface area contributed by atoms with Crippen LogP contribution in [0.4, 0.5) is 11.6 Å². The van der Waals surface area contributed by atoms with Gasteiger partial charge >= 0.3 is 0 Å². The number of piperazine rings is 1. The standard InChI is InChI=1S/C17H27N7O2S/c1-13(2)17-18-16(12-22(17)5)27(25,26)24-10-8-23(9-11-24)15-7-6-14(19-20-15)21(3)4/h6-7,12-13H,8-11H2,1-5H3. The van der Waals surface area contributed by atoms with Gasteiger partial charge in [-0.05, 0) is 12.1 Å². The van der Waals surface area contributed by atoms with Crippen molar-refractivity contribution >= 4 is 21.7 Å². The van der Waals surface area contributed by atoms with Crippen molar-refractivity contribution in [3.8, 4) is 0 Å². The molecule has 1 saturated heterocycles. The average molecular weight is 394 g/mol. The molecule has 0 amide bonds. The summed E-state index contributed by atoms with van der Waals surface area (Å²) in [6.45, 7) is 5.93. The summed E-state index contributed by atoms with van der Waals surface area (Å²) >= 11 is 0. The molecule has 1 aliphatic heterocycles. The average Bonchev–Trinajstić information content (AvgIpc) is 3.05. The van der Waals surface area contributed by atoms with E-state index >= 15 is 0 Å². The number of anilines is 2. The van der Waals surface area contributed by atoms with Gasteiger partial charge < -0.3 is 14.4 Å². The molecule has 9 nitrogen and oxygen atoms in total. The van der Waals surface area contributed by atoms with Gasteiger partial charge in [0.2, 0.25) is 0 Å². The highest BCUT2D eigenvalue weighted by molar-refractivity contribution is 7.89. The molecule has 0 N–H and O–H groups in total. The quantitative estimate of drug-likeness (QED) is 0.746. The molecule has 0 radical (unpaired) electrons. The summed E-state index contributed by atoms with van der Waals surface area (Å²) in [5.74, 6) is 2.48. The molecule has 2 aromatic rings. The van der Waals surface area contributed by atoms with Gasteiger partial charge in [0.05, 0.1) is 0 Å². The Labute approximate surface area is 160 Å². The summed E-state index contributed by atoms with van der Waals surface area (Å²) in [7, 11) is 2.06. The van der Waals surface area contributed by atoms with E-state index in [0.29, 0.717) is 26.2 Å². The predicted octanol–water partition coefficient (Wildman–Crippen LogP) is 0.910. The van der Waals surface area contributed by atoms with Crippen LogP contribution in [0.1, 0.15) is 25.6 Å². The van der Waals surface area contributed by atoms with E-state index in [-0.39, 0.29) is 10.9 Å². The van der Waals surface area contributed by atoms with E-state index in [1.165, 1.54) is 4.31 Å². The van der Waals surface area contributed by atoms with Crippen LogP contribution < -0.4 is 9.80 Å². The number of hydrogen-bond donors (Lipinski definition) is 0. The van der Waals surface area contributed by atoms with Gasteiger partial charge in [-0.3, -0.25) is 0 Å². The lowest BCUT2D eigenvalue weighted by Gasteiger charge is -2.34. The molecule has 0 spiro atoms. The molecule has 0 atom stereocenters. The van der Waals surface area contributed by atoms with Crippen LogP contribution in [0.3, 0.4) is 0 Å². The second-order valence-electron chi connectivity index (χ2n) is 7.24. The van der Waals surface area contributed by atoms with E-state index in [9.17, 15) is 8.42 Å². The van der Waals surface area contributed by atoms with Crippen molar-refractivity contribution in [3.63, 3.8) is 0 Å². The molecule has 3 heterocycles. The van der Waals surface area contributed by atoms with Crippen LogP contribution in [0, 0.1) is 0 Å². The summed E-state index contributed by atoms with van der Waals surface area (Å²) < 4.78 is 29.2. The van der Waals surface area contributed by atoms with Gasteiger partial charge in [-0.15, -0.1) is 10.2 Å². The number of aryl methyl sites for hydroxylation is 1. The monoisotopic (exact) mass is 393 g/mol. The molecule has 27 heavy (non-hydrogen) atoms. The molecular formula is C17H27N7O2S. The lowest BCUT2D eigenvalue weighted by atomic mass is 10.2. The zero-order chi connectivity index (χ0) is 19.8. The van der Waals surface area contributed by atoms with Gasteiger partial charge in [0.25, 0.3) is 10.0 Å². The van der Waals surface area contributed by atoms with Crippen molar-refractivity contribution in [3.05, 3.63) is 24.2 Å². The second-order valence-corrected chi connectivity index (χ2v) is 9.12. The van der Waals surface area contributed by atoms with Crippen molar-refractivity contribution in [1.82, 2.24) is 24.1 Å². The van der Waals surface area contributed by atoms with E-state index in [1.54, 1.807) is 10.8 Å². The maximum atomic E-state index is 12.9. The van der Waals surface area contributed by atoms with E-state index < -0.39 is 10.0 Å². The first-order valence-electron chi connectivity index (χ1n) is 8.99. The number of imidazole rings is 1. The van der Waals surface area contributed by atoms with Gasteiger partial charge in [-0.25, -0.2) is 13.4 Å². The molecule has 0 aliphatic carbocycles. The first kappa shape index (κ1) is 19.6. The lowest BCUT2D eigenvalue weighted by Crippen LogP contribution is -2.49. The highest BCUT2D eigenvalue weighted by atomic mass is 32.2. The van der Waals surface area contributed by atoms with Gasteiger partial charge in [-0.1, -0.05) is 13.8 Å². The van der Waals surface area contributed by atoms with E-state index in [0.717, 1.165) is 17.5 Å². The summed E-state index contributed by atoms with van der Waals surface area (Å²) in [5.41, 5.74) is 0. The second kappa shape index (κ2) is 7.43. The van der Waals surface area contributed by atoms with Gasteiger partial charge in [0.1, 0.15) is 5.82 Å². The SMILES string of the molecule is CC(C)c1nc(S(=O)(=O)N2CCN(c3ccc(N(C)C)nn3)CC2)cn1C. The third-order valence-corrected chi connectivity index (χ3v) is 6.44. The third kappa shape index (κ3) is 3.91. The van der Waals surface area contributed by atoms with Crippen molar-refractivity contribution < 1.29 is 8.42 Å². The van der Waals surface area contributed by atoms with Crippen LogP contribution in [-0.2, 0) is 17.1 Å². The van der Waals surface area contributed by atoms with Crippen molar-refractivity contribution in [2.45, 2.75) is 24.8 Å². The van der Waals surface area contributed by atoms with E-state index in [2.05, 4.69) is 20.1 Å². The van der Waals surface area contributed by atoms with Crippen LogP contribution in [0.5, 0.6) is 0 Å². The van der Waals surface area contributed by atoms with Crippen LogP contribution in [0.2, 0.25) is 0 Å². The normalized spacial score (nSPS) is 16.1. The highest BCUT2D eigenvalue weighted by Gasteiger charge is 2.31. The molecule has 1 aliphatic rings. The Morgan fingerprint density at radius 3 is 2.22 bits per heavy atom. The van der Waals surface area contributed by atoms with Gasteiger partial charge in [-0.2, -0.15) is 4.31 Å². The number of aromatic nitrogens is 4. The molecular weight excluding hydrogens is 366 g/mol. The first-order chi connectivity index (χ1) is 12.7. The number of sulfonamides is 1. The summed E-state index contributed by atoms with van der Waals surface area (Å²) in [6, 6.07) is 3.83. The van der Waals surface area contributed by atoms with Crippen LogP contribution in [-0.4, -0.2) is 72.7 Å². The van der Waals surface area contributed by atoms with Crippen molar-refractivity contribution in [2.24, 2.45) is 7.05 Å². The number of hydrogen-bond acceptors (Lipinski definition) is 7. The number of rotatable bonds is 5. The van der Waals surface area contributed by atoms with E-state index in [1.807, 2.05) is 52.0 Å². The number of nitrogens with zero attached hydrogens (tertiary/aromatic N) is 7. The van der Waals surface area contributed by atoms with Crippen molar-refractivity contribution in [1.29, 1.82) is 0 Å². The third-order valence-electron chi connectivity index (χ3n) is 4.67. The van der Waals surface area contributed by atoms with Crippen LogP contribution >= 0.6 is 0 Å². The maximum Gasteiger partial charge on any atom is 0.262 e. The zero-order valence-corrected chi connectivity index (χ0v) is 17.3. The Hall–Kier alpha value is -2.20. The minimum Gasteiger partial charge on any atom is -0.361 e. The Morgan fingerprint density at radius 2 is 1.74 bits per heavy atom. The summed E-state index contributed by atoms with van der Waals surface area (Å²) in [5, 5.41) is 8.56. The fourth-order valence-corrected chi connectivity index (χ4v) is 4.54. The topological polar surface area (TPSA) is 87.5 Å². The molecule has 10 heteroatoms. The summed E-state index contributed by atoms with van der Waals surface area (Å²) in [4.78, 5) is 8.29. The molecule has 0 saturated carbocycles. The lowest BCUT2D eigenvalue weighted by molar-refractivity contribution is 0.382. The Morgan fingerprint density at radius 1 is 1.07 bits per heavy atom. The molecule has 0 aromatic carbocycles. The Balaban J connectivity index is 1.70. The fourth-order valence-electron chi connectivity index (χ4n) is 3.13.